The fourth-order valence-corrected chi connectivity index (χ4v) is 4.87. The maximum atomic E-state index is 5.97. The van der Waals surface area contributed by atoms with E-state index in [1.54, 1.807) is 0 Å². The summed E-state index contributed by atoms with van der Waals surface area (Å²) in [6, 6.07) is 35.3. The van der Waals surface area contributed by atoms with Crippen molar-refractivity contribution in [1.29, 1.82) is 0 Å². The third kappa shape index (κ3) is 3.79. The van der Waals surface area contributed by atoms with Gasteiger partial charge < -0.3 is 9.47 Å². The van der Waals surface area contributed by atoms with Crippen molar-refractivity contribution in [3.05, 3.63) is 126 Å². The predicted molar refractivity (Wildman–Crippen MR) is 143 cm³/mol. The van der Waals surface area contributed by atoms with Crippen LogP contribution >= 0.6 is 0 Å². The van der Waals surface area contributed by atoms with Crippen molar-refractivity contribution in [3.63, 3.8) is 0 Å². The fourth-order valence-electron chi connectivity index (χ4n) is 4.87. The fraction of sp³-hybridized carbons (Fsp3) is 0.129. The Labute approximate surface area is 208 Å². The van der Waals surface area contributed by atoms with Crippen LogP contribution in [-0.4, -0.2) is 30.0 Å². The van der Waals surface area contributed by atoms with E-state index in [2.05, 4.69) is 84.9 Å². The highest BCUT2D eigenvalue weighted by molar-refractivity contribution is 5.97. The normalized spacial score (nSPS) is 19.1. The summed E-state index contributed by atoms with van der Waals surface area (Å²) in [5.74, 6) is 1.11. The Morgan fingerprint density at radius 2 is 0.972 bits per heavy atom. The summed E-state index contributed by atoms with van der Waals surface area (Å²) in [7, 11) is 0. The van der Waals surface area contributed by atoms with Crippen LogP contribution in [0.5, 0.6) is 0 Å². The number of pyridine rings is 1. The van der Waals surface area contributed by atoms with Crippen LogP contribution in [0.2, 0.25) is 0 Å². The number of hydrogen-bond acceptors (Lipinski definition) is 5. The Hall–Kier alpha value is -4.51. The van der Waals surface area contributed by atoms with Gasteiger partial charge in [0.1, 0.15) is 36.7 Å². The molecule has 0 N–H and O–H groups in total. The lowest BCUT2D eigenvalue weighted by Crippen LogP contribution is -2.09. The van der Waals surface area contributed by atoms with Gasteiger partial charge >= 0.3 is 0 Å². The van der Waals surface area contributed by atoms with Gasteiger partial charge in [0, 0.05) is 0 Å². The molecular formula is C31H23N3O2. The molecule has 0 bridgehead atoms. The van der Waals surface area contributed by atoms with E-state index in [-0.39, 0.29) is 12.1 Å². The first-order chi connectivity index (χ1) is 17.8. The second-order valence-electron chi connectivity index (χ2n) is 9.14. The Kier molecular flexibility index (Phi) is 4.98. The molecule has 1 aromatic heterocycles. The topological polar surface area (TPSA) is 56.1 Å². The number of fused-ring (bicyclic) bond motifs is 2. The van der Waals surface area contributed by atoms with Gasteiger partial charge in [0.15, 0.2) is 0 Å². The van der Waals surface area contributed by atoms with E-state index < -0.39 is 0 Å². The third-order valence-electron chi connectivity index (χ3n) is 6.81. The number of benzene rings is 4. The van der Waals surface area contributed by atoms with Gasteiger partial charge in [-0.25, -0.2) is 15.0 Å². The summed E-state index contributed by atoms with van der Waals surface area (Å²) in [6.45, 7) is 1.00. The number of hydrogen-bond donors (Lipinski definition) is 0. The van der Waals surface area contributed by atoms with Crippen LogP contribution in [0.1, 0.15) is 34.6 Å². The summed E-state index contributed by atoms with van der Waals surface area (Å²) in [5.41, 5.74) is 3.66. The number of aromatic nitrogens is 1. The standard InChI is InChI=1S/C31H23N3O2/c1-3-8-22-16-24(14-12-20(22)6-1)28-18-35-30(33-28)26-10-5-11-27(32-26)31-34-29(19-36-31)25-15-13-21-7-2-4-9-23(21)17-25/h1-17,28-29H,18-19H2/t28-,29-/m1/s1. The molecule has 0 saturated carbocycles. The van der Waals surface area contributed by atoms with Crippen LogP contribution in [-0.2, 0) is 9.47 Å². The van der Waals surface area contributed by atoms with Crippen LogP contribution in [0.25, 0.3) is 21.5 Å². The van der Waals surface area contributed by atoms with Crippen LogP contribution in [0, 0.1) is 0 Å². The summed E-state index contributed by atoms with van der Waals surface area (Å²) >= 11 is 0. The smallest absolute Gasteiger partial charge is 0.236 e. The summed E-state index contributed by atoms with van der Waals surface area (Å²) in [4.78, 5) is 14.5. The SMILES string of the molecule is c1cc(C2=N[C@@H](c3ccc4ccccc4c3)CO2)nc(C2=N[C@@H](c3ccc4ccccc4c3)CO2)c1. The monoisotopic (exact) mass is 469 g/mol. The zero-order valence-electron chi connectivity index (χ0n) is 19.5. The van der Waals surface area contributed by atoms with Gasteiger partial charge in [0.05, 0.1) is 0 Å². The van der Waals surface area contributed by atoms with Crippen LogP contribution in [0.3, 0.4) is 0 Å². The molecule has 2 atom stereocenters. The van der Waals surface area contributed by atoms with Crippen LogP contribution in [0.15, 0.2) is 113 Å². The molecule has 4 aromatic carbocycles. The third-order valence-corrected chi connectivity index (χ3v) is 6.81. The average molecular weight is 470 g/mol. The first-order valence-electron chi connectivity index (χ1n) is 12.2. The van der Waals surface area contributed by atoms with Gasteiger partial charge in [0.25, 0.3) is 0 Å². The second kappa shape index (κ2) is 8.61. The average Bonchev–Trinajstić information content (AvgIpc) is 3.64. The van der Waals surface area contributed by atoms with Crippen molar-refractivity contribution in [2.75, 3.05) is 13.2 Å². The maximum Gasteiger partial charge on any atom is 0.236 e. The summed E-state index contributed by atoms with van der Waals surface area (Å²) < 4.78 is 11.9. The molecule has 0 fully saturated rings. The Balaban J connectivity index is 1.14. The van der Waals surface area contributed by atoms with Crippen LogP contribution < -0.4 is 0 Å². The minimum atomic E-state index is -0.0487. The van der Waals surface area contributed by atoms with E-state index in [9.17, 15) is 0 Å². The van der Waals surface area contributed by atoms with Crippen LogP contribution in [0.4, 0.5) is 0 Å². The second-order valence-corrected chi connectivity index (χ2v) is 9.14. The van der Waals surface area contributed by atoms with Gasteiger partial charge in [0.2, 0.25) is 11.8 Å². The largest absolute Gasteiger partial charge is 0.474 e. The molecule has 5 aromatic rings. The maximum absolute atomic E-state index is 5.97. The number of aliphatic imine (C=N–C) groups is 2. The molecule has 0 spiro atoms. The van der Waals surface area contributed by atoms with Crippen molar-refractivity contribution in [2.45, 2.75) is 12.1 Å². The van der Waals surface area contributed by atoms with Gasteiger partial charge in [-0.2, -0.15) is 0 Å². The van der Waals surface area contributed by atoms with E-state index in [0.29, 0.717) is 36.4 Å². The van der Waals surface area contributed by atoms with Gasteiger partial charge in [-0.1, -0.05) is 78.9 Å². The van der Waals surface area contributed by atoms with E-state index >= 15 is 0 Å². The van der Waals surface area contributed by atoms with E-state index in [0.717, 1.165) is 11.1 Å². The molecule has 0 aliphatic carbocycles. The van der Waals surface area contributed by atoms with E-state index in [4.69, 9.17) is 24.4 Å². The molecule has 2 aliphatic heterocycles. The predicted octanol–water partition coefficient (Wildman–Crippen LogP) is 6.42. The Bertz CT molecular complexity index is 1550. The number of ether oxygens (including phenoxy) is 2. The first-order valence-corrected chi connectivity index (χ1v) is 12.2. The zero-order chi connectivity index (χ0) is 23.9. The molecule has 174 valence electrons. The molecule has 2 aliphatic rings. The molecule has 5 nitrogen and oxygen atoms in total. The molecule has 36 heavy (non-hydrogen) atoms. The molecule has 5 heteroatoms. The van der Waals surface area contributed by atoms with Gasteiger partial charge in [-0.05, 0) is 56.9 Å². The highest BCUT2D eigenvalue weighted by Gasteiger charge is 2.26. The quantitative estimate of drug-likeness (QED) is 0.305. The molecular weight excluding hydrogens is 446 g/mol. The first kappa shape index (κ1) is 20.8. The van der Waals surface area contributed by atoms with Crippen molar-refractivity contribution in [1.82, 2.24) is 4.98 Å². The lowest BCUT2D eigenvalue weighted by Gasteiger charge is -2.06. The minimum Gasteiger partial charge on any atom is -0.474 e. The number of rotatable bonds is 4. The summed E-state index contributed by atoms with van der Waals surface area (Å²) in [6.07, 6.45) is 0. The lowest BCUT2D eigenvalue weighted by molar-refractivity contribution is 0.317. The minimum absolute atomic E-state index is 0.0487. The highest BCUT2D eigenvalue weighted by atomic mass is 16.5. The lowest BCUT2D eigenvalue weighted by atomic mass is 10.0. The Morgan fingerprint density at radius 1 is 0.500 bits per heavy atom. The van der Waals surface area contributed by atoms with Gasteiger partial charge in [-0.15, -0.1) is 0 Å². The molecule has 0 unspecified atom stereocenters. The van der Waals surface area contributed by atoms with E-state index in [1.165, 1.54) is 21.5 Å². The van der Waals surface area contributed by atoms with Crippen molar-refractivity contribution >= 4 is 33.3 Å². The Morgan fingerprint density at radius 3 is 1.47 bits per heavy atom. The molecule has 0 amide bonds. The van der Waals surface area contributed by atoms with Crippen molar-refractivity contribution in [3.8, 4) is 0 Å². The number of nitrogens with zero attached hydrogens (tertiary/aromatic N) is 3. The van der Waals surface area contributed by atoms with E-state index in [1.807, 2.05) is 18.2 Å². The molecule has 0 saturated heterocycles. The molecule has 7 rings (SSSR count). The molecule has 0 radical (unpaired) electrons. The summed E-state index contributed by atoms with van der Waals surface area (Å²) in [5, 5.41) is 4.85. The molecule has 3 heterocycles. The highest BCUT2D eigenvalue weighted by Crippen LogP contribution is 2.29. The zero-order valence-corrected chi connectivity index (χ0v) is 19.5. The van der Waals surface area contributed by atoms with Crippen molar-refractivity contribution < 1.29 is 9.47 Å². The van der Waals surface area contributed by atoms with Crippen molar-refractivity contribution in [2.24, 2.45) is 9.98 Å². The van der Waals surface area contributed by atoms with Gasteiger partial charge in [-0.3, -0.25) is 0 Å².